The number of anilines is 1. The molecule has 0 aliphatic heterocycles. The molecule has 2 aromatic heterocycles. The lowest BCUT2D eigenvalue weighted by atomic mass is 10.1. The second-order valence-corrected chi connectivity index (χ2v) is 8.13. The largest absolute Gasteiger partial charge is 0.333 e. The van der Waals surface area contributed by atoms with Crippen molar-refractivity contribution in [1.82, 2.24) is 14.7 Å². The molecule has 31 heavy (non-hydrogen) atoms. The Kier molecular flexibility index (Phi) is 5.81. The first-order valence-electron chi connectivity index (χ1n) is 9.57. The number of aryl methyl sites for hydroxylation is 2. The number of rotatable bonds is 5. The molecule has 2 aromatic carbocycles. The lowest BCUT2D eigenvalue weighted by molar-refractivity contribution is -0.116. The average Bonchev–Trinajstić information content (AvgIpc) is 3.19. The SMILES string of the molecule is Cc1cc(C)cc(NC(=O)Cn2cccc(-c3nc(-c4ccc(Br)cc4)no3)c2=O)c1. The Labute approximate surface area is 186 Å². The van der Waals surface area contributed by atoms with Gasteiger partial charge in [0.15, 0.2) is 0 Å². The van der Waals surface area contributed by atoms with Gasteiger partial charge in [0.05, 0.1) is 0 Å². The van der Waals surface area contributed by atoms with E-state index in [4.69, 9.17) is 4.52 Å². The fraction of sp³-hybridized carbons (Fsp3) is 0.130. The molecule has 0 saturated heterocycles. The number of nitrogens with one attached hydrogen (secondary N) is 1. The lowest BCUT2D eigenvalue weighted by Gasteiger charge is -2.09. The Morgan fingerprint density at radius 2 is 1.81 bits per heavy atom. The van der Waals surface area contributed by atoms with Gasteiger partial charge in [-0.3, -0.25) is 9.59 Å². The van der Waals surface area contributed by atoms with Gasteiger partial charge in [-0.05, 0) is 73.5 Å². The van der Waals surface area contributed by atoms with Gasteiger partial charge in [-0.2, -0.15) is 4.98 Å². The van der Waals surface area contributed by atoms with E-state index in [-0.39, 0.29) is 29.5 Å². The highest BCUT2D eigenvalue weighted by atomic mass is 79.9. The molecule has 0 spiro atoms. The molecule has 0 fully saturated rings. The number of carbonyl (C=O) groups is 1. The van der Waals surface area contributed by atoms with Crippen LogP contribution in [-0.4, -0.2) is 20.6 Å². The molecule has 0 aliphatic rings. The third-order valence-corrected chi connectivity index (χ3v) is 5.13. The highest BCUT2D eigenvalue weighted by Crippen LogP contribution is 2.22. The van der Waals surface area contributed by atoms with Crippen LogP contribution in [0.25, 0.3) is 22.8 Å². The van der Waals surface area contributed by atoms with Crippen molar-refractivity contribution in [3.8, 4) is 22.8 Å². The normalized spacial score (nSPS) is 10.8. The van der Waals surface area contributed by atoms with Crippen molar-refractivity contribution in [3.05, 3.63) is 86.7 Å². The predicted octanol–water partition coefficient (Wildman–Crippen LogP) is 4.58. The van der Waals surface area contributed by atoms with Gasteiger partial charge in [0.25, 0.3) is 11.4 Å². The Morgan fingerprint density at radius 3 is 2.52 bits per heavy atom. The third kappa shape index (κ3) is 4.80. The summed E-state index contributed by atoms with van der Waals surface area (Å²) in [5.41, 5.74) is 3.41. The number of benzene rings is 2. The van der Waals surface area contributed by atoms with Crippen LogP contribution in [0.5, 0.6) is 0 Å². The third-order valence-electron chi connectivity index (χ3n) is 4.60. The monoisotopic (exact) mass is 478 g/mol. The topological polar surface area (TPSA) is 90.0 Å². The molecule has 0 unspecified atom stereocenters. The summed E-state index contributed by atoms with van der Waals surface area (Å²) >= 11 is 3.38. The fourth-order valence-corrected chi connectivity index (χ4v) is 3.54. The molecular weight excluding hydrogens is 460 g/mol. The van der Waals surface area contributed by atoms with E-state index in [1.807, 2.05) is 56.3 Å². The Balaban J connectivity index is 1.55. The molecule has 1 amide bonds. The van der Waals surface area contributed by atoms with Crippen LogP contribution in [0.1, 0.15) is 11.1 Å². The summed E-state index contributed by atoms with van der Waals surface area (Å²) in [5, 5.41) is 6.80. The van der Waals surface area contributed by atoms with E-state index in [0.717, 1.165) is 21.2 Å². The van der Waals surface area contributed by atoms with Gasteiger partial charge >= 0.3 is 0 Å². The van der Waals surface area contributed by atoms with Gasteiger partial charge in [0, 0.05) is 21.9 Å². The number of aromatic nitrogens is 3. The molecule has 0 bridgehead atoms. The van der Waals surface area contributed by atoms with E-state index in [0.29, 0.717) is 11.5 Å². The first-order chi connectivity index (χ1) is 14.9. The number of nitrogens with zero attached hydrogens (tertiary/aromatic N) is 3. The average molecular weight is 479 g/mol. The van der Waals surface area contributed by atoms with Gasteiger partial charge in [-0.15, -0.1) is 0 Å². The van der Waals surface area contributed by atoms with Crippen LogP contribution < -0.4 is 10.9 Å². The maximum Gasteiger partial charge on any atom is 0.263 e. The van der Waals surface area contributed by atoms with Gasteiger partial charge in [0.2, 0.25) is 11.7 Å². The number of halogens is 1. The smallest absolute Gasteiger partial charge is 0.263 e. The van der Waals surface area contributed by atoms with Gasteiger partial charge in [0.1, 0.15) is 12.1 Å². The van der Waals surface area contributed by atoms with E-state index in [9.17, 15) is 9.59 Å². The summed E-state index contributed by atoms with van der Waals surface area (Å²) in [6.45, 7) is 3.79. The predicted molar refractivity (Wildman–Crippen MR) is 122 cm³/mol. The molecule has 0 aliphatic carbocycles. The van der Waals surface area contributed by atoms with Crippen molar-refractivity contribution in [2.24, 2.45) is 0 Å². The summed E-state index contributed by atoms with van der Waals surface area (Å²) in [6, 6.07) is 16.5. The molecular formula is C23H19BrN4O3. The molecule has 2 heterocycles. The lowest BCUT2D eigenvalue weighted by Crippen LogP contribution is -2.28. The van der Waals surface area contributed by atoms with Crippen molar-refractivity contribution in [3.63, 3.8) is 0 Å². The number of carbonyl (C=O) groups excluding carboxylic acids is 1. The zero-order chi connectivity index (χ0) is 22.0. The second-order valence-electron chi connectivity index (χ2n) is 7.21. The van der Waals surface area contributed by atoms with E-state index in [1.54, 1.807) is 18.3 Å². The zero-order valence-electron chi connectivity index (χ0n) is 16.9. The second kappa shape index (κ2) is 8.69. The van der Waals surface area contributed by atoms with Crippen LogP contribution in [0.4, 0.5) is 5.69 Å². The van der Waals surface area contributed by atoms with E-state index in [2.05, 4.69) is 31.4 Å². The number of hydrogen-bond acceptors (Lipinski definition) is 5. The minimum Gasteiger partial charge on any atom is -0.333 e. The Hall–Kier alpha value is -3.52. The molecule has 7 nitrogen and oxygen atoms in total. The molecule has 8 heteroatoms. The fourth-order valence-electron chi connectivity index (χ4n) is 3.28. The molecule has 1 N–H and O–H groups in total. The van der Waals surface area contributed by atoms with Crippen LogP contribution in [0.3, 0.4) is 0 Å². The Bertz CT molecular complexity index is 1290. The molecule has 156 valence electrons. The number of pyridine rings is 1. The highest BCUT2D eigenvalue weighted by molar-refractivity contribution is 9.10. The number of hydrogen-bond donors (Lipinski definition) is 1. The zero-order valence-corrected chi connectivity index (χ0v) is 18.5. The summed E-state index contributed by atoms with van der Waals surface area (Å²) in [5.74, 6) is 0.183. The number of amides is 1. The van der Waals surface area contributed by atoms with Gasteiger partial charge in [-0.25, -0.2) is 0 Å². The van der Waals surface area contributed by atoms with E-state index >= 15 is 0 Å². The molecule has 4 aromatic rings. The van der Waals surface area contributed by atoms with Crippen molar-refractivity contribution < 1.29 is 9.32 Å². The summed E-state index contributed by atoms with van der Waals surface area (Å²) < 4.78 is 7.56. The van der Waals surface area contributed by atoms with Crippen molar-refractivity contribution in [2.75, 3.05) is 5.32 Å². The van der Waals surface area contributed by atoms with Gasteiger partial charge in [-0.1, -0.05) is 27.2 Å². The van der Waals surface area contributed by atoms with E-state index < -0.39 is 0 Å². The van der Waals surface area contributed by atoms with Crippen LogP contribution >= 0.6 is 15.9 Å². The van der Waals surface area contributed by atoms with Crippen molar-refractivity contribution >= 4 is 27.5 Å². The van der Waals surface area contributed by atoms with Crippen LogP contribution in [0, 0.1) is 13.8 Å². The first kappa shape index (κ1) is 20.7. The van der Waals surface area contributed by atoms with E-state index in [1.165, 1.54) is 4.57 Å². The summed E-state index contributed by atoms with van der Waals surface area (Å²) in [4.78, 5) is 29.7. The summed E-state index contributed by atoms with van der Waals surface area (Å²) in [6.07, 6.45) is 1.55. The Morgan fingerprint density at radius 1 is 1.10 bits per heavy atom. The van der Waals surface area contributed by atoms with Crippen LogP contribution in [0.15, 0.2) is 74.6 Å². The standard InChI is InChI=1S/C23H19BrN4O3/c1-14-10-15(2)12-18(11-14)25-20(29)13-28-9-3-4-19(23(28)30)22-26-21(27-31-22)16-5-7-17(24)8-6-16/h3-12H,13H2,1-2H3,(H,25,29). The maximum absolute atomic E-state index is 12.9. The molecule has 0 atom stereocenters. The minimum absolute atomic E-state index is 0.104. The minimum atomic E-state index is -0.385. The first-order valence-corrected chi connectivity index (χ1v) is 10.4. The van der Waals surface area contributed by atoms with Crippen molar-refractivity contribution in [2.45, 2.75) is 20.4 Å². The van der Waals surface area contributed by atoms with Crippen LogP contribution in [-0.2, 0) is 11.3 Å². The molecule has 0 radical (unpaired) electrons. The maximum atomic E-state index is 12.9. The van der Waals surface area contributed by atoms with Crippen LogP contribution in [0.2, 0.25) is 0 Å². The molecule has 4 rings (SSSR count). The summed E-state index contributed by atoms with van der Waals surface area (Å²) in [7, 11) is 0. The quantitative estimate of drug-likeness (QED) is 0.453. The molecule has 0 saturated carbocycles. The highest BCUT2D eigenvalue weighted by Gasteiger charge is 2.16. The van der Waals surface area contributed by atoms with Gasteiger partial charge < -0.3 is 14.4 Å². The van der Waals surface area contributed by atoms with Crippen molar-refractivity contribution in [1.29, 1.82) is 0 Å².